The van der Waals surface area contributed by atoms with Gasteiger partial charge in [0.1, 0.15) is 5.76 Å². The molecule has 0 bridgehead atoms. The van der Waals surface area contributed by atoms with Crippen LogP contribution in [0.5, 0.6) is 0 Å². The molecule has 0 saturated heterocycles. The third-order valence-corrected chi connectivity index (χ3v) is 8.49. The first kappa shape index (κ1) is 28.4. The number of amides is 1. The van der Waals surface area contributed by atoms with Gasteiger partial charge < -0.3 is 9.73 Å². The largest absolute Gasteiger partial charge is 0.464 e. The van der Waals surface area contributed by atoms with Gasteiger partial charge in [0.2, 0.25) is 5.91 Å². The summed E-state index contributed by atoms with van der Waals surface area (Å²) in [6.45, 7) is 6.00. The lowest BCUT2D eigenvalue weighted by atomic mass is 9.91. The molecule has 1 saturated carbocycles. The number of hydrogen-bond donors (Lipinski definition) is 1. The summed E-state index contributed by atoms with van der Waals surface area (Å²) in [5.41, 5.74) is 4.62. The highest BCUT2D eigenvalue weighted by molar-refractivity contribution is 7.99. The van der Waals surface area contributed by atoms with Crippen molar-refractivity contribution in [2.24, 2.45) is 0 Å². The van der Waals surface area contributed by atoms with E-state index in [0.717, 1.165) is 48.1 Å². The number of nitrogens with one attached hydrogen (secondary N) is 1. The van der Waals surface area contributed by atoms with Gasteiger partial charge in [-0.3, -0.25) is 14.2 Å². The molecule has 0 spiro atoms. The van der Waals surface area contributed by atoms with E-state index in [1.807, 2.05) is 24.3 Å². The molecule has 1 aliphatic carbocycles. The van der Waals surface area contributed by atoms with Crippen molar-refractivity contribution in [3.8, 4) is 34.3 Å². The Bertz CT molecular complexity index is 1640. The SMILES string of the molecule is Cc1c(-c2cc(-c3ccco3)ccc2C(C)C)nc(SCC(=O)NC2CCCCC2)n(-c2cccc(C#N)c2)c1=O. The monoisotopic (exact) mass is 566 g/mol. The van der Waals surface area contributed by atoms with E-state index in [9.17, 15) is 14.9 Å². The second-order valence-corrected chi connectivity index (χ2v) is 11.7. The minimum absolute atomic E-state index is 0.0710. The highest BCUT2D eigenvalue weighted by Crippen LogP contribution is 2.35. The van der Waals surface area contributed by atoms with E-state index in [1.54, 1.807) is 37.5 Å². The number of benzene rings is 2. The van der Waals surface area contributed by atoms with Crippen LogP contribution in [0.2, 0.25) is 0 Å². The molecule has 210 valence electrons. The van der Waals surface area contributed by atoms with Crippen LogP contribution in [0.1, 0.15) is 68.6 Å². The minimum Gasteiger partial charge on any atom is -0.464 e. The van der Waals surface area contributed by atoms with Crippen LogP contribution < -0.4 is 10.9 Å². The maximum Gasteiger partial charge on any atom is 0.262 e. The van der Waals surface area contributed by atoms with Crippen molar-refractivity contribution in [1.29, 1.82) is 5.26 Å². The van der Waals surface area contributed by atoms with E-state index in [2.05, 4.69) is 31.3 Å². The molecule has 0 atom stereocenters. The first-order valence-corrected chi connectivity index (χ1v) is 15.1. The number of thioether (sulfide) groups is 1. The molecule has 1 amide bonds. The summed E-state index contributed by atoms with van der Waals surface area (Å²) in [5, 5.41) is 13.1. The zero-order chi connectivity index (χ0) is 28.9. The maximum absolute atomic E-state index is 14.0. The fourth-order valence-corrected chi connectivity index (χ4v) is 6.21. The van der Waals surface area contributed by atoms with Crippen LogP contribution in [0.4, 0.5) is 0 Å². The van der Waals surface area contributed by atoms with Crippen molar-refractivity contribution >= 4 is 17.7 Å². The molecular weight excluding hydrogens is 532 g/mol. The summed E-state index contributed by atoms with van der Waals surface area (Å²) >= 11 is 1.24. The second kappa shape index (κ2) is 12.6. The van der Waals surface area contributed by atoms with Crippen LogP contribution in [0.3, 0.4) is 0 Å². The molecule has 1 fully saturated rings. The highest BCUT2D eigenvalue weighted by Gasteiger charge is 2.22. The van der Waals surface area contributed by atoms with Crippen LogP contribution >= 0.6 is 11.8 Å². The average molecular weight is 567 g/mol. The van der Waals surface area contributed by atoms with E-state index in [4.69, 9.17) is 9.40 Å². The Morgan fingerprint density at radius 2 is 1.95 bits per heavy atom. The Morgan fingerprint density at radius 1 is 1.15 bits per heavy atom. The molecule has 0 radical (unpaired) electrons. The standard InChI is InChI=1S/C33H34N4O3S/c1-21(2)27-15-14-24(29-13-8-16-40-29)18-28(27)31-22(3)32(39)37(26-12-7-9-23(17-26)19-34)33(36-31)41-20-30(38)35-25-10-5-4-6-11-25/h7-9,12-18,21,25H,4-6,10-11,20H2,1-3H3,(H,35,38). The Kier molecular flexibility index (Phi) is 8.75. The zero-order valence-electron chi connectivity index (χ0n) is 23.6. The summed E-state index contributed by atoms with van der Waals surface area (Å²) in [7, 11) is 0. The van der Waals surface area contributed by atoms with Gasteiger partial charge >= 0.3 is 0 Å². The lowest BCUT2D eigenvalue weighted by Gasteiger charge is -2.23. The second-order valence-electron chi connectivity index (χ2n) is 10.8. The predicted molar refractivity (Wildman–Crippen MR) is 162 cm³/mol. The van der Waals surface area contributed by atoms with Crippen LogP contribution in [-0.2, 0) is 4.79 Å². The van der Waals surface area contributed by atoms with Crippen LogP contribution in [-0.4, -0.2) is 27.3 Å². The number of furan rings is 1. The van der Waals surface area contributed by atoms with Gasteiger partial charge in [0.25, 0.3) is 5.56 Å². The van der Waals surface area contributed by atoms with Crippen molar-refractivity contribution in [2.45, 2.75) is 70.0 Å². The van der Waals surface area contributed by atoms with Crippen molar-refractivity contribution in [3.05, 3.63) is 87.9 Å². The molecule has 2 aromatic heterocycles. The lowest BCUT2D eigenvalue weighted by molar-refractivity contribution is -0.119. The number of nitrogens with zero attached hydrogens (tertiary/aromatic N) is 3. The van der Waals surface area contributed by atoms with E-state index in [0.29, 0.717) is 27.7 Å². The maximum atomic E-state index is 14.0. The van der Waals surface area contributed by atoms with Gasteiger partial charge in [-0.2, -0.15) is 5.26 Å². The molecule has 1 aliphatic rings. The molecule has 5 rings (SSSR count). The summed E-state index contributed by atoms with van der Waals surface area (Å²) in [4.78, 5) is 32.1. The van der Waals surface area contributed by atoms with Gasteiger partial charge in [0.15, 0.2) is 5.16 Å². The molecule has 1 N–H and O–H groups in total. The van der Waals surface area contributed by atoms with E-state index < -0.39 is 0 Å². The van der Waals surface area contributed by atoms with E-state index in [-0.39, 0.29) is 29.2 Å². The summed E-state index contributed by atoms with van der Waals surface area (Å²) < 4.78 is 7.17. The van der Waals surface area contributed by atoms with Gasteiger partial charge in [-0.15, -0.1) is 0 Å². The average Bonchev–Trinajstić information content (AvgIpc) is 3.53. The lowest BCUT2D eigenvalue weighted by Crippen LogP contribution is -2.37. The summed E-state index contributed by atoms with van der Waals surface area (Å²) in [5.74, 6) is 0.976. The molecule has 4 aromatic rings. The third kappa shape index (κ3) is 6.31. The molecule has 2 aromatic carbocycles. The minimum atomic E-state index is -0.238. The van der Waals surface area contributed by atoms with Gasteiger partial charge in [-0.25, -0.2) is 4.98 Å². The Morgan fingerprint density at radius 3 is 2.66 bits per heavy atom. The molecule has 7 nitrogen and oxygen atoms in total. The number of carbonyl (C=O) groups excluding carboxylic acids is 1. The molecule has 0 aliphatic heterocycles. The Balaban J connectivity index is 1.61. The first-order chi connectivity index (χ1) is 19.9. The molecule has 41 heavy (non-hydrogen) atoms. The first-order valence-electron chi connectivity index (χ1n) is 14.1. The topological polar surface area (TPSA) is 101 Å². The smallest absolute Gasteiger partial charge is 0.262 e. The summed E-state index contributed by atoms with van der Waals surface area (Å²) in [6.07, 6.45) is 7.11. The van der Waals surface area contributed by atoms with Crippen LogP contribution in [0.15, 0.2) is 75.2 Å². The molecule has 0 unspecified atom stereocenters. The quantitative estimate of drug-likeness (QED) is 0.182. The normalized spacial score (nSPS) is 13.7. The number of carbonyl (C=O) groups is 1. The van der Waals surface area contributed by atoms with Gasteiger partial charge in [0, 0.05) is 22.7 Å². The van der Waals surface area contributed by atoms with E-state index in [1.165, 1.54) is 22.7 Å². The molecule has 8 heteroatoms. The number of aromatic nitrogens is 2. The van der Waals surface area contributed by atoms with Crippen LogP contribution in [0, 0.1) is 18.3 Å². The third-order valence-electron chi connectivity index (χ3n) is 7.55. The Hall–Kier alpha value is -4.09. The zero-order valence-corrected chi connectivity index (χ0v) is 24.5. The van der Waals surface area contributed by atoms with Gasteiger partial charge in [0.05, 0.1) is 35.0 Å². The van der Waals surface area contributed by atoms with Crippen LogP contribution in [0.25, 0.3) is 28.3 Å². The number of hydrogen-bond acceptors (Lipinski definition) is 6. The fraction of sp³-hybridized carbons (Fsp3) is 0.333. The van der Waals surface area contributed by atoms with Crippen molar-refractivity contribution in [3.63, 3.8) is 0 Å². The van der Waals surface area contributed by atoms with Crippen molar-refractivity contribution < 1.29 is 9.21 Å². The molecular formula is C33H34N4O3S. The number of nitriles is 1. The van der Waals surface area contributed by atoms with Crippen molar-refractivity contribution in [2.75, 3.05) is 5.75 Å². The number of rotatable bonds is 8. The van der Waals surface area contributed by atoms with Gasteiger partial charge in [-0.1, -0.05) is 63.1 Å². The van der Waals surface area contributed by atoms with E-state index >= 15 is 0 Å². The predicted octanol–water partition coefficient (Wildman–Crippen LogP) is 7.00. The summed E-state index contributed by atoms with van der Waals surface area (Å²) in [6, 6.07) is 19.1. The van der Waals surface area contributed by atoms with Gasteiger partial charge in [-0.05, 0) is 67.6 Å². The fourth-order valence-electron chi connectivity index (χ4n) is 5.39. The highest BCUT2D eigenvalue weighted by atomic mass is 32.2. The molecule has 2 heterocycles. The Labute approximate surface area is 244 Å². The van der Waals surface area contributed by atoms with Crippen molar-refractivity contribution in [1.82, 2.24) is 14.9 Å².